The fourth-order valence-electron chi connectivity index (χ4n) is 2.90. The molecule has 1 atom stereocenters. The fourth-order valence-corrected chi connectivity index (χ4v) is 3.67. The summed E-state index contributed by atoms with van der Waals surface area (Å²) >= 11 is 1.62. The van der Waals surface area contributed by atoms with Gasteiger partial charge in [0.1, 0.15) is 12.4 Å². The zero-order valence-corrected chi connectivity index (χ0v) is 14.5. The highest BCUT2D eigenvalue weighted by atomic mass is 32.1. The van der Waals surface area contributed by atoms with Crippen molar-refractivity contribution in [3.63, 3.8) is 0 Å². The molecule has 1 amide bonds. The summed E-state index contributed by atoms with van der Waals surface area (Å²) in [7, 11) is 1.84. The Kier molecular flexibility index (Phi) is 4.03. The molecule has 128 valence electrons. The van der Waals surface area contributed by atoms with E-state index in [1.54, 1.807) is 22.1 Å². The molecule has 0 radical (unpaired) electrons. The van der Waals surface area contributed by atoms with Gasteiger partial charge < -0.3 is 15.8 Å². The van der Waals surface area contributed by atoms with E-state index in [-0.39, 0.29) is 11.9 Å². The first-order chi connectivity index (χ1) is 12.1. The van der Waals surface area contributed by atoms with Crippen molar-refractivity contribution in [3.8, 4) is 16.3 Å². The van der Waals surface area contributed by atoms with Crippen LogP contribution in [-0.4, -0.2) is 28.3 Å². The predicted octanol–water partition coefficient (Wildman–Crippen LogP) is 2.66. The number of hydrogen-bond acceptors (Lipinski definition) is 5. The van der Waals surface area contributed by atoms with Crippen LogP contribution in [0.15, 0.2) is 41.8 Å². The maximum atomic E-state index is 12.5. The molecule has 3 aromatic rings. The second kappa shape index (κ2) is 6.34. The minimum Gasteiger partial charge on any atom is -0.492 e. The number of fused-ring (bicyclic) bond motifs is 1. The van der Waals surface area contributed by atoms with Crippen LogP contribution in [0.25, 0.3) is 10.6 Å². The third-order valence-electron chi connectivity index (χ3n) is 4.15. The highest BCUT2D eigenvalue weighted by molar-refractivity contribution is 7.13. The summed E-state index contributed by atoms with van der Waals surface area (Å²) in [5.41, 5.74) is 8.94. The molecule has 25 heavy (non-hydrogen) atoms. The molecule has 0 saturated carbocycles. The lowest BCUT2D eigenvalue weighted by molar-refractivity contribution is 0.102. The van der Waals surface area contributed by atoms with Crippen LogP contribution in [0.3, 0.4) is 0 Å². The van der Waals surface area contributed by atoms with E-state index in [0.29, 0.717) is 18.0 Å². The zero-order valence-electron chi connectivity index (χ0n) is 13.7. The number of thiophene rings is 1. The first kappa shape index (κ1) is 15.9. The van der Waals surface area contributed by atoms with Gasteiger partial charge in [0.05, 0.1) is 10.6 Å². The minimum atomic E-state index is -0.245. The van der Waals surface area contributed by atoms with Gasteiger partial charge in [-0.15, -0.1) is 11.3 Å². The standard InChI is InChI=1S/C18H18N4O2S/c1-22-15(17-3-2-6-25-17)9-14(21-22)18(23)20-13-5-4-11-7-12(19)10-24-16(11)8-13/h2-6,8-9,12H,7,10,19H2,1H3,(H,20,23). The Hall–Kier alpha value is -2.64. The van der Waals surface area contributed by atoms with E-state index in [0.717, 1.165) is 28.3 Å². The van der Waals surface area contributed by atoms with Crippen LogP contribution >= 0.6 is 11.3 Å². The summed E-state index contributed by atoms with van der Waals surface area (Å²) in [5, 5.41) is 9.21. The second-order valence-electron chi connectivity index (χ2n) is 6.07. The average Bonchev–Trinajstić information content (AvgIpc) is 3.24. The summed E-state index contributed by atoms with van der Waals surface area (Å²) in [6.07, 6.45) is 0.786. The monoisotopic (exact) mass is 354 g/mol. The van der Waals surface area contributed by atoms with E-state index >= 15 is 0 Å². The van der Waals surface area contributed by atoms with Gasteiger partial charge in [0, 0.05) is 24.8 Å². The molecular formula is C18H18N4O2S. The molecule has 4 rings (SSSR count). The molecule has 0 saturated heterocycles. The zero-order chi connectivity index (χ0) is 17.4. The highest BCUT2D eigenvalue weighted by Gasteiger charge is 2.18. The smallest absolute Gasteiger partial charge is 0.276 e. The Balaban J connectivity index is 1.54. The maximum Gasteiger partial charge on any atom is 0.276 e. The van der Waals surface area contributed by atoms with Gasteiger partial charge in [-0.3, -0.25) is 9.48 Å². The maximum absolute atomic E-state index is 12.5. The number of rotatable bonds is 3. The summed E-state index contributed by atoms with van der Waals surface area (Å²) in [5.74, 6) is 0.533. The molecule has 1 aromatic carbocycles. The number of anilines is 1. The normalized spacial score (nSPS) is 16.2. The van der Waals surface area contributed by atoms with Gasteiger partial charge in [-0.05, 0) is 35.6 Å². The Labute approximate surface area is 149 Å². The lowest BCUT2D eigenvalue weighted by Crippen LogP contribution is -2.33. The molecule has 0 fully saturated rings. The molecule has 1 unspecified atom stereocenters. The Morgan fingerprint density at radius 3 is 3.08 bits per heavy atom. The molecule has 0 spiro atoms. The molecule has 1 aliphatic heterocycles. The number of amides is 1. The highest BCUT2D eigenvalue weighted by Crippen LogP contribution is 2.28. The van der Waals surface area contributed by atoms with Crippen molar-refractivity contribution in [1.29, 1.82) is 0 Å². The molecule has 7 heteroatoms. The number of aromatic nitrogens is 2. The summed E-state index contributed by atoms with van der Waals surface area (Å²) < 4.78 is 7.36. The fraction of sp³-hybridized carbons (Fsp3) is 0.222. The Morgan fingerprint density at radius 2 is 2.28 bits per heavy atom. The number of benzene rings is 1. The van der Waals surface area contributed by atoms with Crippen molar-refractivity contribution < 1.29 is 9.53 Å². The molecule has 6 nitrogen and oxygen atoms in total. The van der Waals surface area contributed by atoms with Gasteiger partial charge in [-0.2, -0.15) is 5.10 Å². The van der Waals surface area contributed by atoms with Crippen molar-refractivity contribution >= 4 is 22.9 Å². The largest absolute Gasteiger partial charge is 0.492 e. The van der Waals surface area contributed by atoms with Gasteiger partial charge in [-0.25, -0.2) is 0 Å². The van der Waals surface area contributed by atoms with Crippen LogP contribution < -0.4 is 15.8 Å². The molecular weight excluding hydrogens is 336 g/mol. The van der Waals surface area contributed by atoms with Crippen molar-refractivity contribution in [1.82, 2.24) is 9.78 Å². The van der Waals surface area contributed by atoms with Gasteiger partial charge in [0.25, 0.3) is 5.91 Å². The van der Waals surface area contributed by atoms with Crippen molar-refractivity contribution in [3.05, 3.63) is 53.0 Å². The number of carbonyl (C=O) groups excluding carboxylic acids is 1. The SMILES string of the molecule is Cn1nc(C(=O)Nc2ccc3c(c2)OCC(N)C3)cc1-c1cccs1. The first-order valence-corrected chi connectivity index (χ1v) is 8.88. The van der Waals surface area contributed by atoms with Crippen molar-refractivity contribution in [2.45, 2.75) is 12.5 Å². The van der Waals surface area contributed by atoms with Gasteiger partial charge in [-0.1, -0.05) is 12.1 Å². The third-order valence-corrected chi connectivity index (χ3v) is 5.04. The number of nitrogens with zero attached hydrogens (tertiary/aromatic N) is 2. The molecule has 3 heterocycles. The van der Waals surface area contributed by atoms with E-state index in [2.05, 4.69) is 10.4 Å². The van der Waals surface area contributed by atoms with E-state index in [9.17, 15) is 4.79 Å². The third kappa shape index (κ3) is 3.16. The van der Waals surface area contributed by atoms with Crippen LogP contribution in [0.4, 0.5) is 5.69 Å². The van der Waals surface area contributed by atoms with E-state index in [4.69, 9.17) is 10.5 Å². The Bertz CT molecular complexity index is 917. The van der Waals surface area contributed by atoms with Crippen LogP contribution in [-0.2, 0) is 13.5 Å². The quantitative estimate of drug-likeness (QED) is 0.758. The van der Waals surface area contributed by atoms with Crippen molar-refractivity contribution in [2.75, 3.05) is 11.9 Å². The van der Waals surface area contributed by atoms with Crippen molar-refractivity contribution in [2.24, 2.45) is 12.8 Å². The number of carbonyl (C=O) groups is 1. The minimum absolute atomic E-state index is 0.0251. The number of ether oxygens (including phenoxy) is 1. The van der Waals surface area contributed by atoms with E-state index in [1.165, 1.54) is 0 Å². The van der Waals surface area contributed by atoms with Crippen LogP contribution in [0.5, 0.6) is 5.75 Å². The van der Waals surface area contributed by atoms with Gasteiger partial charge in [0.2, 0.25) is 0 Å². The van der Waals surface area contributed by atoms with Crippen LogP contribution in [0, 0.1) is 0 Å². The second-order valence-corrected chi connectivity index (χ2v) is 7.02. The lowest BCUT2D eigenvalue weighted by atomic mass is 10.0. The average molecular weight is 354 g/mol. The van der Waals surface area contributed by atoms with Gasteiger partial charge >= 0.3 is 0 Å². The number of nitrogens with two attached hydrogens (primary N) is 1. The van der Waals surface area contributed by atoms with Gasteiger partial charge in [0.15, 0.2) is 5.69 Å². The molecule has 0 aliphatic carbocycles. The molecule has 2 aromatic heterocycles. The van der Waals surface area contributed by atoms with Crippen LogP contribution in [0.2, 0.25) is 0 Å². The van der Waals surface area contributed by atoms with Crippen LogP contribution in [0.1, 0.15) is 16.1 Å². The molecule has 3 N–H and O–H groups in total. The summed E-state index contributed by atoms with van der Waals surface area (Å²) in [6.45, 7) is 0.495. The number of aryl methyl sites for hydroxylation is 1. The first-order valence-electron chi connectivity index (χ1n) is 8.01. The topological polar surface area (TPSA) is 82.2 Å². The number of nitrogens with one attached hydrogen (secondary N) is 1. The molecule has 0 bridgehead atoms. The van der Waals surface area contributed by atoms with E-state index in [1.807, 2.05) is 42.8 Å². The Morgan fingerprint density at radius 1 is 1.40 bits per heavy atom. The summed E-state index contributed by atoms with van der Waals surface area (Å²) in [4.78, 5) is 13.6. The molecule has 1 aliphatic rings. The summed E-state index contributed by atoms with van der Waals surface area (Å²) in [6, 6.07) is 11.5. The lowest BCUT2D eigenvalue weighted by Gasteiger charge is -2.22. The predicted molar refractivity (Wildman–Crippen MR) is 98.1 cm³/mol. The number of hydrogen-bond donors (Lipinski definition) is 2. The van der Waals surface area contributed by atoms with E-state index < -0.39 is 0 Å².